The van der Waals surface area contributed by atoms with Crippen LogP contribution < -0.4 is 0 Å². The van der Waals surface area contributed by atoms with Gasteiger partial charge in [-0.15, -0.1) is 11.6 Å². The van der Waals surface area contributed by atoms with Crippen molar-refractivity contribution in [3.05, 3.63) is 22.1 Å². The Hall–Kier alpha value is 0.727. The van der Waals surface area contributed by atoms with E-state index >= 15 is 0 Å². The Morgan fingerprint density at radius 1 is 1.56 bits per heavy atom. The summed E-state index contributed by atoms with van der Waals surface area (Å²) >= 11 is 2.89. The monoisotopic (exact) mass is 170 g/mol. The molecule has 0 heterocycles. The fraction of sp³-hybridized carbons (Fsp3) is 0.429. The molecule has 0 nitrogen and oxygen atoms in total. The van der Waals surface area contributed by atoms with Crippen LogP contribution in [0.3, 0.4) is 0 Å². The number of allylic oxidation sites excluding steroid dienone is 4. The van der Waals surface area contributed by atoms with E-state index in [0.717, 1.165) is 15.2 Å². The molecule has 0 saturated carbocycles. The molecule has 0 spiro atoms. The summed E-state index contributed by atoms with van der Waals surface area (Å²) in [7, 11) is 0. The van der Waals surface area contributed by atoms with E-state index in [9.17, 15) is 0 Å². The summed E-state index contributed by atoms with van der Waals surface area (Å²) in [6.45, 7) is 0. The molecule has 0 atom stereocenters. The molecule has 1 rings (SSSR count). The van der Waals surface area contributed by atoms with Crippen LogP contribution in [0.2, 0.25) is 11.6 Å². The standard InChI is InChI=1S/C5H5.2CH3.Al.Ti/c1-2-4-5-3-1;;;;/h1-3H,4H2;2*1H3;;. The Bertz CT molecular complexity index is 116. The molecule has 0 bridgehead atoms. The van der Waals surface area contributed by atoms with Gasteiger partial charge in [0.15, 0.2) is 15.2 Å². The average molecular weight is 170 g/mol. The minimum atomic E-state index is 0.750. The third-order valence-corrected chi connectivity index (χ3v) is 1.35. The fourth-order valence-electron chi connectivity index (χ4n) is 0.447. The fourth-order valence-corrected chi connectivity index (χ4v) is 0.782. The zero-order chi connectivity index (χ0) is 7.11. The van der Waals surface area contributed by atoms with Crippen LogP contribution in [-0.4, -0.2) is 15.2 Å². The van der Waals surface area contributed by atoms with Crippen molar-refractivity contribution in [2.75, 3.05) is 0 Å². The molecule has 0 amide bonds. The van der Waals surface area contributed by atoms with Gasteiger partial charge in [-0.25, -0.2) is 0 Å². The minimum absolute atomic E-state index is 0.750. The van der Waals surface area contributed by atoms with Crippen molar-refractivity contribution >= 4 is 15.2 Å². The van der Waals surface area contributed by atoms with Gasteiger partial charge in [0.1, 0.15) is 0 Å². The first-order chi connectivity index (χ1) is 4.31. The second-order valence-electron chi connectivity index (χ2n) is 1.90. The Labute approximate surface area is 75.5 Å². The predicted molar refractivity (Wildman–Crippen MR) is 39.3 cm³/mol. The Morgan fingerprint density at radius 3 is 2.22 bits per heavy atom. The van der Waals surface area contributed by atoms with Crippen LogP contribution in [0, 0.1) is 0 Å². The molecule has 0 unspecified atom stereocenters. The molecule has 0 aromatic rings. The van der Waals surface area contributed by atoms with Crippen molar-refractivity contribution in [2.24, 2.45) is 0 Å². The van der Waals surface area contributed by atoms with Crippen LogP contribution in [0.1, 0.15) is 6.42 Å². The Balaban J connectivity index is 0.000000187. The van der Waals surface area contributed by atoms with Crippen molar-refractivity contribution < 1.29 is 20.4 Å². The van der Waals surface area contributed by atoms with Crippen LogP contribution in [-0.2, 0) is 20.4 Å². The molecule has 0 N–H and O–H groups in total. The van der Waals surface area contributed by atoms with Gasteiger partial charge < -0.3 is 0 Å². The Morgan fingerprint density at radius 2 is 2.11 bits per heavy atom. The third kappa shape index (κ3) is 6.61. The summed E-state index contributed by atoms with van der Waals surface area (Å²) in [4.78, 5) is 0. The van der Waals surface area contributed by atoms with Crippen LogP contribution in [0.5, 0.6) is 0 Å². The molecule has 0 aromatic carbocycles. The van der Waals surface area contributed by atoms with Crippen molar-refractivity contribution in [3.63, 3.8) is 0 Å². The molecular formula is C7H11AlTi. The van der Waals surface area contributed by atoms with Crippen molar-refractivity contribution in [3.8, 4) is 0 Å². The van der Waals surface area contributed by atoms with Gasteiger partial charge in [0, 0.05) is 0 Å². The maximum atomic E-state index is 2.21. The van der Waals surface area contributed by atoms with Crippen LogP contribution in [0.15, 0.2) is 22.1 Å². The van der Waals surface area contributed by atoms with E-state index in [1.807, 2.05) is 0 Å². The summed E-state index contributed by atoms with van der Waals surface area (Å²) < 4.78 is 1.47. The van der Waals surface area contributed by atoms with Gasteiger partial charge in [-0.1, -0.05) is 0 Å². The number of rotatable bonds is 0. The van der Waals surface area contributed by atoms with E-state index in [0.29, 0.717) is 0 Å². The van der Waals surface area contributed by atoms with Crippen LogP contribution >= 0.6 is 0 Å². The first kappa shape index (κ1) is 9.73. The molecule has 0 saturated heterocycles. The molecule has 46 valence electrons. The topological polar surface area (TPSA) is 0 Å². The predicted octanol–water partition coefficient (Wildman–Crippen LogP) is 2.16. The molecule has 0 aromatic heterocycles. The summed E-state index contributed by atoms with van der Waals surface area (Å²) in [5, 5.41) is 0. The third-order valence-electron chi connectivity index (χ3n) is 0.771. The summed E-state index contributed by atoms with van der Waals surface area (Å²) in [6.07, 6.45) is 7.56. The van der Waals surface area contributed by atoms with E-state index in [-0.39, 0.29) is 0 Å². The molecule has 9 heavy (non-hydrogen) atoms. The van der Waals surface area contributed by atoms with E-state index < -0.39 is 0 Å². The van der Waals surface area contributed by atoms with Crippen molar-refractivity contribution in [1.29, 1.82) is 0 Å². The van der Waals surface area contributed by atoms with Gasteiger partial charge in [-0.2, -0.15) is 0 Å². The van der Waals surface area contributed by atoms with Gasteiger partial charge in [0.05, 0.1) is 0 Å². The van der Waals surface area contributed by atoms with Gasteiger partial charge in [-0.3, -0.25) is 0 Å². The van der Waals surface area contributed by atoms with E-state index in [1.54, 1.807) is 0 Å². The van der Waals surface area contributed by atoms with E-state index in [1.165, 1.54) is 10.3 Å². The van der Waals surface area contributed by atoms with Crippen molar-refractivity contribution in [1.82, 2.24) is 0 Å². The Kier molecular flexibility index (Phi) is 7.39. The van der Waals surface area contributed by atoms with E-state index in [2.05, 4.69) is 50.2 Å². The molecule has 1 aliphatic rings. The molecular weight excluding hydrogens is 159 g/mol. The second kappa shape index (κ2) is 6.84. The molecule has 2 heteroatoms. The second-order valence-corrected chi connectivity index (χ2v) is 4.06. The van der Waals surface area contributed by atoms with Gasteiger partial charge in [0.2, 0.25) is 0 Å². The number of hydrogen-bond donors (Lipinski definition) is 0. The number of hydrogen-bond acceptors (Lipinski definition) is 0. The quantitative estimate of drug-likeness (QED) is 0.488. The summed E-state index contributed by atoms with van der Waals surface area (Å²) in [6, 6.07) is 0. The SMILES string of the molecule is [CH3][Al][CH3].[Ti][C]1=CC=CC1. The first-order valence-electron chi connectivity index (χ1n) is 3.12. The molecule has 0 aliphatic heterocycles. The van der Waals surface area contributed by atoms with Crippen LogP contribution in [0.4, 0.5) is 0 Å². The maximum absolute atomic E-state index is 2.21. The zero-order valence-electron chi connectivity index (χ0n) is 6.02. The van der Waals surface area contributed by atoms with Crippen LogP contribution in [0.25, 0.3) is 0 Å². The summed E-state index contributed by atoms with van der Waals surface area (Å²) in [5.41, 5.74) is 0. The van der Waals surface area contributed by atoms with Crippen molar-refractivity contribution in [2.45, 2.75) is 18.0 Å². The van der Waals surface area contributed by atoms with Gasteiger partial charge in [-0.05, 0) is 0 Å². The average Bonchev–Trinajstić information content (AvgIpc) is 2.20. The summed E-state index contributed by atoms with van der Waals surface area (Å²) in [5.74, 6) is 4.42. The zero-order valence-corrected chi connectivity index (χ0v) is 8.73. The normalized spacial score (nSPS) is 13.7. The first-order valence-corrected chi connectivity index (χ1v) is 6.21. The molecule has 1 aliphatic carbocycles. The molecule has 1 radical (unpaired) electrons. The van der Waals surface area contributed by atoms with Gasteiger partial charge >= 0.3 is 49.0 Å². The van der Waals surface area contributed by atoms with E-state index in [4.69, 9.17) is 0 Å². The van der Waals surface area contributed by atoms with Gasteiger partial charge in [0.25, 0.3) is 0 Å². The molecule has 0 fully saturated rings.